The fraction of sp³-hybridized carbons (Fsp3) is 0.300. The van der Waals surface area contributed by atoms with E-state index in [1.807, 2.05) is 0 Å². The van der Waals surface area contributed by atoms with Gasteiger partial charge in [0.2, 0.25) is 5.91 Å². The highest BCUT2D eigenvalue weighted by Gasteiger charge is 2.28. The van der Waals surface area contributed by atoms with Crippen LogP contribution in [-0.4, -0.2) is 31.5 Å². The lowest BCUT2D eigenvalue weighted by Gasteiger charge is -2.33. The molecular formula is C20H18F3N3O3. The number of nitrogens with one attached hydrogen (secondary N) is 2. The van der Waals surface area contributed by atoms with E-state index in [2.05, 4.69) is 10.6 Å². The molecule has 0 unspecified atom stereocenters. The molecule has 0 aliphatic carbocycles. The topological polar surface area (TPSA) is 70.7 Å². The molecule has 152 valence electrons. The van der Waals surface area contributed by atoms with Gasteiger partial charge in [-0.15, -0.1) is 0 Å². The molecule has 2 amide bonds. The molecule has 0 saturated carbocycles. The molecule has 1 fully saturated rings. The van der Waals surface area contributed by atoms with E-state index in [1.54, 1.807) is 23.1 Å². The summed E-state index contributed by atoms with van der Waals surface area (Å²) in [5.74, 6) is -4.31. The van der Waals surface area contributed by atoms with Gasteiger partial charge in [0.15, 0.2) is 24.1 Å². The molecule has 6 nitrogen and oxygen atoms in total. The number of carbonyl (C=O) groups excluding carboxylic acids is 2. The van der Waals surface area contributed by atoms with Crippen LogP contribution in [0.5, 0.6) is 5.75 Å². The Hall–Kier alpha value is -3.23. The largest absolute Gasteiger partial charge is 0.481 e. The molecule has 4 rings (SSSR count). The molecule has 2 heterocycles. The van der Waals surface area contributed by atoms with Gasteiger partial charge in [0.25, 0.3) is 5.91 Å². The zero-order chi connectivity index (χ0) is 20.5. The second kappa shape index (κ2) is 7.65. The molecule has 2 aromatic rings. The number of fused-ring (bicyclic) bond motifs is 1. The zero-order valence-electron chi connectivity index (χ0n) is 15.3. The van der Waals surface area contributed by atoms with Gasteiger partial charge in [0, 0.05) is 36.8 Å². The van der Waals surface area contributed by atoms with Crippen molar-refractivity contribution >= 4 is 28.9 Å². The molecular weight excluding hydrogens is 387 g/mol. The molecule has 2 aliphatic heterocycles. The summed E-state index contributed by atoms with van der Waals surface area (Å²) in [6, 6.07) is 7.00. The van der Waals surface area contributed by atoms with Gasteiger partial charge in [0.1, 0.15) is 11.4 Å². The van der Waals surface area contributed by atoms with E-state index in [-0.39, 0.29) is 30.0 Å². The summed E-state index contributed by atoms with van der Waals surface area (Å²) in [7, 11) is 0. The molecule has 2 N–H and O–H groups in total. The first-order valence-corrected chi connectivity index (χ1v) is 9.18. The quantitative estimate of drug-likeness (QED) is 0.769. The third-order valence-corrected chi connectivity index (χ3v) is 5.11. The lowest BCUT2D eigenvalue weighted by Crippen LogP contribution is -2.38. The highest BCUT2D eigenvalue weighted by molar-refractivity contribution is 6.03. The minimum atomic E-state index is -1.50. The number of anilines is 3. The standard InChI is InChI=1S/C20H18F3N3O3/c21-13-8-12(9-14(22)18(13)23)26-6-4-11(5-7-26)20(28)24-15-2-1-3-16-19(15)25-17(27)10-29-16/h1-3,8-9,11H,4-7,10H2,(H,24,28)(H,25,27). The van der Waals surface area contributed by atoms with Crippen LogP contribution in [0.25, 0.3) is 0 Å². The van der Waals surface area contributed by atoms with Crippen LogP contribution in [0.3, 0.4) is 0 Å². The SMILES string of the molecule is O=C1COc2cccc(NC(=O)C3CCN(c4cc(F)c(F)c(F)c4)CC3)c2N1. The first-order valence-electron chi connectivity index (χ1n) is 9.18. The molecule has 0 aromatic heterocycles. The highest BCUT2D eigenvalue weighted by Crippen LogP contribution is 2.35. The summed E-state index contributed by atoms with van der Waals surface area (Å²) in [5.41, 5.74) is 1.12. The van der Waals surface area contributed by atoms with Gasteiger partial charge in [0.05, 0.1) is 5.69 Å². The summed E-state index contributed by atoms with van der Waals surface area (Å²) in [6.45, 7) is 0.720. The van der Waals surface area contributed by atoms with Crippen LogP contribution in [0.15, 0.2) is 30.3 Å². The van der Waals surface area contributed by atoms with Crippen molar-refractivity contribution in [2.75, 3.05) is 35.2 Å². The van der Waals surface area contributed by atoms with E-state index in [9.17, 15) is 22.8 Å². The van der Waals surface area contributed by atoms with Crippen molar-refractivity contribution in [3.8, 4) is 5.75 Å². The Labute approximate surface area is 164 Å². The number of benzene rings is 2. The Balaban J connectivity index is 1.41. The number of para-hydroxylation sites is 1. The maximum Gasteiger partial charge on any atom is 0.262 e. The smallest absolute Gasteiger partial charge is 0.262 e. The lowest BCUT2D eigenvalue weighted by atomic mass is 9.95. The number of hydrogen-bond donors (Lipinski definition) is 2. The zero-order valence-corrected chi connectivity index (χ0v) is 15.3. The Kier molecular flexibility index (Phi) is 5.04. The second-order valence-corrected chi connectivity index (χ2v) is 6.99. The molecule has 1 saturated heterocycles. The fourth-order valence-electron chi connectivity index (χ4n) is 3.56. The number of amides is 2. The summed E-state index contributed by atoms with van der Waals surface area (Å²) in [5, 5.41) is 5.51. The molecule has 29 heavy (non-hydrogen) atoms. The average molecular weight is 405 g/mol. The number of ether oxygens (including phenoxy) is 1. The van der Waals surface area contributed by atoms with Crippen LogP contribution in [0.1, 0.15) is 12.8 Å². The first kappa shape index (κ1) is 19.1. The van der Waals surface area contributed by atoms with Gasteiger partial charge in [-0.3, -0.25) is 9.59 Å². The predicted molar refractivity (Wildman–Crippen MR) is 100 cm³/mol. The van der Waals surface area contributed by atoms with E-state index in [4.69, 9.17) is 4.74 Å². The summed E-state index contributed by atoms with van der Waals surface area (Å²) in [4.78, 5) is 26.0. The maximum absolute atomic E-state index is 13.5. The Morgan fingerprint density at radius 1 is 1.14 bits per heavy atom. The summed E-state index contributed by atoms with van der Waals surface area (Å²) < 4.78 is 45.4. The number of hydrogen-bond acceptors (Lipinski definition) is 4. The maximum atomic E-state index is 13.5. The fourth-order valence-corrected chi connectivity index (χ4v) is 3.56. The van der Waals surface area contributed by atoms with Crippen molar-refractivity contribution in [1.82, 2.24) is 0 Å². The number of carbonyl (C=O) groups is 2. The van der Waals surface area contributed by atoms with Gasteiger partial charge in [-0.2, -0.15) is 0 Å². The Morgan fingerprint density at radius 2 is 1.83 bits per heavy atom. The predicted octanol–water partition coefficient (Wildman–Crippen LogP) is 3.29. The summed E-state index contributed by atoms with van der Waals surface area (Å²) in [6.07, 6.45) is 0.925. The Morgan fingerprint density at radius 3 is 2.52 bits per heavy atom. The minimum Gasteiger partial charge on any atom is -0.481 e. The van der Waals surface area contributed by atoms with E-state index >= 15 is 0 Å². The van der Waals surface area contributed by atoms with Gasteiger partial charge < -0.3 is 20.3 Å². The van der Waals surface area contributed by atoms with Gasteiger partial charge in [-0.25, -0.2) is 13.2 Å². The van der Waals surface area contributed by atoms with Gasteiger partial charge in [-0.05, 0) is 25.0 Å². The van der Waals surface area contributed by atoms with Crippen molar-refractivity contribution in [2.45, 2.75) is 12.8 Å². The van der Waals surface area contributed by atoms with Crippen LogP contribution in [0.4, 0.5) is 30.2 Å². The van der Waals surface area contributed by atoms with Crippen LogP contribution < -0.4 is 20.3 Å². The molecule has 9 heteroatoms. The number of halogens is 3. The third-order valence-electron chi connectivity index (χ3n) is 5.11. The second-order valence-electron chi connectivity index (χ2n) is 6.99. The summed E-state index contributed by atoms with van der Waals surface area (Å²) >= 11 is 0. The number of rotatable bonds is 3. The van der Waals surface area contributed by atoms with E-state index < -0.39 is 17.5 Å². The van der Waals surface area contributed by atoms with Crippen molar-refractivity contribution in [3.63, 3.8) is 0 Å². The molecule has 0 radical (unpaired) electrons. The van der Waals surface area contributed by atoms with Crippen LogP contribution in [0, 0.1) is 23.4 Å². The molecule has 0 atom stereocenters. The van der Waals surface area contributed by atoms with Crippen molar-refractivity contribution < 1.29 is 27.5 Å². The van der Waals surface area contributed by atoms with E-state index in [1.165, 1.54) is 0 Å². The van der Waals surface area contributed by atoms with Gasteiger partial charge >= 0.3 is 0 Å². The van der Waals surface area contributed by atoms with Gasteiger partial charge in [-0.1, -0.05) is 6.07 Å². The average Bonchev–Trinajstić information content (AvgIpc) is 2.72. The van der Waals surface area contributed by atoms with Crippen LogP contribution in [0.2, 0.25) is 0 Å². The third kappa shape index (κ3) is 3.85. The normalized spacial score (nSPS) is 16.7. The number of piperidine rings is 1. The molecule has 0 bridgehead atoms. The molecule has 2 aromatic carbocycles. The minimum absolute atomic E-state index is 0.0760. The van der Waals surface area contributed by atoms with Crippen LogP contribution >= 0.6 is 0 Å². The van der Waals surface area contributed by atoms with Crippen molar-refractivity contribution in [2.24, 2.45) is 5.92 Å². The highest BCUT2D eigenvalue weighted by atomic mass is 19.2. The van der Waals surface area contributed by atoms with Crippen molar-refractivity contribution in [1.29, 1.82) is 0 Å². The molecule has 2 aliphatic rings. The van der Waals surface area contributed by atoms with E-state index in [0.29, 0.717) is 43.1 Å². The van der Waals surface area contributed by atoms with Crippen LogP contribution in [-0.2, 0) is 9.59 Å². The number of nitrogens with zero attached hydrogens (tertiary/aromatic N) is 1. The monoisotopic (exact) mass is 405 g/mol. The molecule has 0 spiro atoms. The first-order chi connectivity index (χ1) is 13.9. The van der Waals surface area contributed by atoms with Crippen molar-refractivity contribution in [3.05, 3.63) is 47.8 Å². The van der Waals surface area contributed by atoms with E-state index in [0.717, 1.165) is 12.1 Å². The Bertz CT molecular complexity index is 952. The lowest BCUT2D eigenvalue weighted by molar-refractivity contribution is -0.120.